The fourth-order valence-corrected chi connectivity index (χ4v) is 3.61. The fourth-order valence-electron chi connectivity index (χ4n) is 3.61. The first kappa shape index (κ1) is 22.1. The molecular formula is C23H26N2O6. The Balaban J connectivity index is 1.75. The van der Waals surface area contributed by atoms with Crippen molar-refractivity contribution in [2.24, 2.45) is 0 Å². The van der Waals surface area contributed by atoms with E-state index >= 15 is 0 Å². The smallest absolute Gasteiger partial charge is 0.303 e. The molecule has 0 bridgehead atoms. The van der Waals surface area contributed by atoms with Crippen LogP contribution in [0.25, 0.3) is 0 Å². The molecule has 1 heterocycles. The predicted molar refractivity (Wildman–Crippen MR) is 116 cm³/mol. The van der Waals surface area contributed by atoms with Gasteiger partial charge in [-0.15, -0.1) is 0 Å². The Bertz CT molecular complexity index is 1000. The van der Waals surface area contributed by atoms with Crippen molar-refractivity contribution >= 4 is 29.2 Å². The Labute approximate surface area is 180 Å². The maximum Gasteiger partial charge on any atom is 0.303 e. The van der Waals surface area contributed by atoms with Crippen LogP contribution >= 0.6 is 0 Å². The summed E-state index contributed by atoms with van der Waals surface area (Å²) in [5.74, 6) is -0.801. The van der Waals surface area contributed by atoms with Gasteiger partial charge in [-0.25, -0.2) is 0 Å². The number of anilines is 2. The number of methoxy groups -OCH3 is 1. The van der Waals surface area contributed by atoms with Crippen LogP contribution in [0.5, 0.6) is 11.5 Å². The zero-order valence-electron chi connectivity index (χ0n) is 18.0. The zero-order chi connectivity index (χ0) is 22.8. The Morgan fingerprint density at radius 2 is 1.84 bits per heavy atom. The molecule has 1 aliphatic rings. The molecule has 31 heavy (non-hydrogen) atoms. The van der Waals surface area contributed by atoms with E-state index in [0.29, 0.717) is 22.9 Å². The number of hydrogen-bond donors (Lipinski definition) is 2. The van der Waals surface area contributed by atoms with Crippen molar-refractivity contribution in [3.05, 3.63) is 48.0 Å². The minimum atomic E-state index is -1.01. The second-order valence-corrected chi connectivity index (χ2v) is 7.98. The Kier molecular flexibility index (Phi) is 6.19. The highest BCUT2D eigenvalue weighted by atomic mass is 16.5. The standard InChI is InChI=1S/C23H26N2O6/c1-23(2)22(29)25(3)18-10-7-16(13-19(18)31-23)24-20(26)11-15(12-21(27)28)14-5-8-17(30-4)9-6-14/h5-10,13,15H,11-12H2,1-4H3,(H,24,26)(H,27,28). The number of carboxylic acid groups (broad SMARTS) is 1. The second kappa shape index (κ2) is 8.67. The Morgan fingerprint density at radius 3 is 2.45 bits per heavy atom. The molecule has 0 saturated carbocycles. The van der Waals surface area contributed by atoms with Gasteiger partial charge in [-0.3, -0.25) is 14.4 Å². The molecule has 2 aromatic rings. The molecule has 164 valence electrons. The van der Waals surface area contributed by atoms with E-state index in [4.69, 9.17) is 9.47 Å². The van der Waals surface area contributed by atoms with E-state index in [0.717, 1.165) is 5.56 Å². The summed E-state index contributed by atoms with van der Waals surface area (Å²) in [6.45, 7) is 3.37. The Morgan fingerprint density at radius 1 is 1.16 bits per heavy atom. The van der Waals surface area contributed by atoms with Gasteiger partial charge < -0.3 is 24.8 Å². The molecule has 0 aromatic heterocycles. The van der Waals surface area contributed by atoms with Gasteiger partial charge in [-0.1, -0.05) is 12.1 Å². The third-order valence-electron chi connectivity index (χ3n) is 5.23. The highest BCUT2D eigenvalue weighted by molar-refractivity contribution is 6.02. The summed E-state index contributed by atoms with van der Waals surface area (Å²) in [5, 5.41) is 12.1. The summed E-state index contributed by atoms with van der Waals surface area (Å²) in [6.07, 6.45) is -0.172. The summed E-state index contributed by atoms with van der Waals surface area (Å²) in [6, 6.07) is 12.1. The lowest BCUT2D eigenvalue weighted by molar-refractivity contribution is -0.137. The molecule has 0 fully saturated rings. The van der Waals surface area contributed by atoms with E-state index in [2.05, 4.69) is 5.32 Å². The fraction of sp³-hybridized carbons (Fsp3) is 0.348. The van der Waals surface area contributed by atoms with Crippen LogP contribution in [0.3, 0.4) is 0 Å². The van der Waals surface area contributed by atoms with Gasteiger partial charge in [-0.05, 0) is 43.7 Å². The monoisotopic (exact) mass is 426 g/mol. The van der Waals surface area contributed by atoms with Crippen LogP contribution in [0.4, 0.5) is 11.4 Å². The number of nitrogens with zero attached hydrogens (tertiary/aromatic N) is 1. The summed E-state index contributed by atoms with van der Waals surface area (Å²) in [5.41, 5.74) is 0.857. The molecule has 0 spiro atoms. The number of carbonyl (C=O) groups is 3. The minimum Gasteiger partial charge on any atom is -0.497 e. The van der Waals surface area contributed by atoms with Crippen LogP contribution in [0, 0.1) is 0 Å². The van der Waals surface area contributed by atoms with E-state index in [1.54, 1.807) is 70.5 Å². The maximum absolute atomic E-state index is 12.7. The number of rotatable bonds is 7. The maximum atomic E-state index is 12.7. The van der Waals surface area contributed by atoms with E-state index in [9.17, 15) is 19.5 Å². The van der Waals surface area contributed by atoms with Gasteiger partial charge in [-0.2, -0.15) is 0 Å². The van der Waals surface area contributed by atoms with E-state index in [1.807, 2.05) is 0 Å². The zero-order valence-corrected chi connectivity index (χ0v) is 18.0. The lowest BCUT2D eigenvalue weighted by Gasteiger charge is -2.37. The van der Waals surface area contributed by atoms with Gasteiger partial charge in [0.25, 0.3) is 5.91 Å². The average molecular weight is 426 g/mol. The van der Waals surface area contributed by atoms with Crippen LogP contribution < -0.4 is 19.7 Å². The van der Waals surface area contributed by atoms with E-state index < -0.39 is 17.5 Å². The van der Waals surface area contributed by atoms with Crippen molar-refractivity contribution in [1.29, 1.82) is 0 Å². The number of carbonyl (C=O) groups excluding carboxylic acids is 2. The van der Waals surface area contributed by atoms with Crippen LogP contribution in [0.1, 0.15) is 38.2 Å². The lowest BCUT2D eigenvalue weighted by Crippen LogP contribution is -2.50. The number of benzene rings is 2. The van der Waals surface area contributed by atoms with E-state index in [-0.39, 0.29) is 24.7 Å². The molecule has 8 heteroatoms. The number of ether oxygens (including phenoxy) is 2. The summed E-state index contributed by atoms with van der Waals surface area (Å²) < 4.78 is 10.9. The van der Waals surface area contributed by atoms with Gasteiger partial charge in [0.2, 0.25) is 5.91 Å². The van der Waals surface area contributed by atoms with Crippen molar-refractivity contribution in [2.45, 2.75) is 38.2 Å². The highest BCUT2D eigenvalue weighted by Crippen LogP contribution is 2.38. The first-order chi connectivity index (χ1) is 14.6. The molecule has 0 radical (unpaired) electrons. The van der Waals surface area contributed by atoms with Crippen molar-refractivity contribution in [2.75, 3.05) is 24.4 Å². The second-order valence-electron chi connectivity index (χ2n) is 7.98. The topological polar surface area (TPSA) is 105 Å². The molecule has 3 rings (SSSR count). The van der Waals surface area contributed by atoms with E-state index in [1.165, 1.54) is 4.90 Å². The van der Waals surface area contributed by atoms with Gasteiger partial charge in [0.05, 0.1) is 19.2 Å². The van der Waals surface area contributed by atoms with Crippen LogP contribution in [0.15, 0.2) is 42.5 Å². The largest absolute Gasteiger partial charge is 0.497 e. The van der Waals surface area contributed by atoms with Gasteiger partial charge in [0, 0.05) is 31.1 Å². The molecule has 2 N–H and O–H groups in total. The lowest BCUT2D eigenvalue weighted by atomic mass is 9.92. The number of carboxylic acids is 1. The highest BCUT2D eigenvalue weighted by Gasteiger charge is 2.39. The molecule has 2 aromatic carbocycles. The minimum absolute atomic E-state index is 0.000449. The first-order valence-corrected chi connectivity index (χ1v) is 9.87. The number of amides is 2. The predicted octanol–water partition coefficient (Wildman–Crippen LogP) is 3.42. The summed E-state index contributed by atoms with van der Waals surface area (Å²) in [7, 11) is 3.23. The molecule has 1 unspecified atom stereocenters. The number of aliphatic carboxylic acids is 1. The molecule has 1 aliphatic heterocycles. The third-order valence-corrected chi connectivity index (χ3v) is 5.23. The molecule has 0 aliphatic carbocycles. The van der Waals surface area contributed by atoms with Crippen LogP contribution in [-0.4, -0.2) is 42.6 Å². The number of fused-ring (bicyclic) bond motifs is 1. The molecule has 2 amide bonds. The number of nitrogens with one attached hydrogen (secondary N) is 1. The van der Waals surface area contributed by atoms with Crippen LogP contribution in [-0.2, 0) is 14.4 Å². The van der Waals surface area contributed by atoms with Gasteiger partial charge in [0.15, 0.2) is 5.60 Å². The molecule has 1 atom stereocenters. The Hall–Kier alpha value is -3.55. The normalized spacial score (nSPS) is 15.5. The molecule has 0 saturated heterocycles. The van der Waals surface area contributed by atoms with Gasteiger partial charge >= 0.3 is 5.97 Å². The summed E-state index contributed by atoms with van der Waals surface area (Å²) in [4.78, 5) is 37.9. The first-order valence-electron chi connectivity index (χ1n) is 9.87. The van der Waals surface area contributed by atoms with Crippen molar-refractivity contribution in [3.63, 3.8) is 0 Å². The molecule has 8 nitrogen and oxygen atoms in total. The van der Waals surface area contributed by atoms with Gasteiger partial charge in [0.1, 0.15) is 11.5 Å². The van der Waals surface area contributed by atoms with Crippen LogP contribution in [0.2, 0.25) is 0 Å². The SMILES string of the molecule is COc1ccc(C(CC(=O)O)CC(=O)Nc2ccc3c(c2)OC(C)(C)C(=O)N3C)cc1. The molecular weight excluding hydrogens is 400 g/mol. The number of hydrogen-bond acceptors (Lipinski definition) is 5. The van der Waals surface area contributed by atoms with Crippen molar-refractivity contribution < 1.29 is 29.0 Å². The summed E-state index contributed by atoms with van der Waals surface area (Å²) >= 11 is 0. The van der Waals surface area contributed by atoms with Crippen molar-refractivity contribution in [3.8, 4) is 11.5 Å². The quantitative estimate of drug-likeness (QED) is 0.703. The number of likely N-dealkylation sites (N-methyl/N-ethyl adjacent to an activating group) is 1. The van der Waals surface area contributed by atoms with Crippen molar-refractivity contribution in [1.82, 2.24) is 0 Å². The average Bonchev–Trinajstić information content (AvgIpc) is 2.71. The third kappa shape index (κ3) is 4.96.